The second-order valence-electron chi connectivity index (χ2n) is 5.26. The lowest BCUT2D eigenvalue weighted by Gasteiger charge is -2.35. The van der Waals surface area contributed by atoms with Gasteiger partial charge in [0, 0.05) is 19.0 Å². The summed E-state index contributed by atoms with van der Waals surface area (Å²) in [5.41, 5.74) is 5.37. The number of hydrogen-bond acceptors (Lipinski definition) is 3. The van der Waals surface area contributed by atoms with Crippen LogP contribution in [-0.2, 0) is 4.79 Å². The largest absolute Gasteiger partial charge is 0.355 e. The van der Waals surface area contributed by atoms with Gasteiger partial charge >= 0.3 is 0 Å². The van der Waals surface area contributed by atoms with Gasteiger partial charge in [-0.05, 0) is 51.7 Å². The maximum Gasteiger partial charge on any atom is 0.220 e. The molecule has 0 aliphatic carbocycles. The van der Waals surface area contributed by atoms with E-state index in [2.05, 4.69) is 24.1 Å². The van der Waals surface area contributed by atoms with Crippen LogP contribution in [0.5, 0.6) is 0 Å². The van der Waals surface area contributed by atoms with Crippen LogP contribution in [0.3, 0.4) is 0 Å². The summed E-state index contributed by atoms with van der Waals surface area (Å²) in [4.78, 5) is 13.9. The van der Waals surface area contributed by atoms with Gasteiger partial charge in [0.2, 0.25) is 5.91 Å². The Hall–Kier alpha value is -0.610. The molecule has 100 valence electrons. The number of rotatable bonds is 6. The molecule has 1 heterocycles. The van der Waals surface area contributed by atoms with Crippen molar-refractivity contribution in [3.63, 3.8) is 0 Å². The van der Waals surface area contributed by atoms with Crippen LogP contribution >= 0.6 is 0 Å². The number of amides is 1. The number of nitrogens with one attached hydrogen (secondary N) is 1. The zero-order valence-corrected chi connectivity index (χ0v) is 11.2. The molecule has 3 N–H and O–H groups in total. The Morgan fingerprint density at radius 2 is 2.12 bits per heavy atom. The summed E-state index contributed by atoms with van der Waals surface area (Å²) in [6, 6.07) is 0.448. The van der Waals surface area contributed by atoms with Gasteiger partial charge in [-0.25, -0.2) is 0 Å². The summed E-state index contributed by atoms with van der Waals surface area (Å²) in [6.07, 6.45) is 3.90. The van der Waals surface area contributed by atoms with Crippen molar-refractivity contribution in [2.45, 2.75) is 45.6 Å². The fraction of sp³-hybridized carbons (Fsp3) is 0.923. The molecule has 0 aromatic carbocycles. The Morgan fingerprint density at radius 1 is 1.47 bits per heavy atom. The van der Waals surface area contributed by atoms with Crippen LogP contribution < -0.4 is 11.1 Å². The highest BCUT2D eigenvalue weighted by molar-refractivity contribution is 5.75. The Balaban J connectivity index is 2.16. The standard InChI is InChI=1S/C13H27N3O/c1-11-5-8-16(9-6-11)12(2)10-15-13(17)4-3-7-14/h11-12H,3-10,14H2,1-2H3,(H,15,17). The number of likely N-dealkylation sites (tertiary alicyclic amines) is 1. The van der Waals surface area contributed by atoms with Crippen molar-refractivity contribution in [3.05, 3.63) is 0 Å². The second-order valence-corrected chi connectivity index (χ2v) is 5.26. The van der Waals surface area contributed by atoms with Crippen molar-refractivity contribution in [1.82, 2.24) is 10.2 Å². The van der Waals surface area contributed by atoms with Crippen molar-refractivity contribution in [3.8, 4) is 0 Å². The first kappa shape index (κ1) is 14.5. The van der Waals surface area contributed by atoms with Gasteiger partial charge in [0.15, 0.2) is 0 Å². The molecular weight excluding hydrogens is 214 g/mol. The van der Waals surface area contributed by atoms with Crippen LogP contribution in [0.15, 0.2) is 0 Å². The predicted molar refractivity (Wildman–Crippen MR) is 70.7 cm³/mol. The molecule has 1 amide bonds. The highest BCUT2D eigenvalue weighted by Gasteiger charge is 2.20. The van der Waals surface area contributed by atoms with E-state index >= 15 is 0 Å². The monoisotopic (exact) mass is 241 g/mol. The van der Waals surface area contributed by atoms with E-state index in [1.165, 1.54) is 25.9 Å². The summed E-state index contributed by atoms with van der Waals surface area (Å²) in [7, 11) is 0. The van der Waals surface area contributed by atoms with Crippen molar-refractivity contribution in [2.75, 3.05) is 26.2 Å². The summed E-state index contributed by atoms with van der Waals surface area (Å²) in [5.74, 6) is 0.991. The van der Waals surface area contributed by atoms with Gasteiger partial charge in [0.05, 0.1) is 0 Å². The third-order valence-electron chi connectivity index (χ3n) is 3.64. The molecule has 1 atom stereocenters. The van der Waals surface area contributed by atoms with E-state index in [4.69, 9.17) is 5.73 Å². The van der Waals surface area contributed by atoms with Gasteiger partial charge in [-0.2, -0.15) is 0 Å². The lowest BCUT2D eigenvalue weighted by atomic mass is 9.98. The lowest BCUT2D eigenvalue weighted by Crippen LogP contribution is -2.45. The van der Waals surface area contributed by atoms with Gasteiger partial charge in [0.1, 0.15) is 0 Å². The minimum absolute atomic E-state index is 0.132. The third kappa shape index (κ3) is 5.50. The average molecular weight is 241 g/mol. The first-order chi connectivity index (χ1) is 8.13. The van der Waals surface area contributed by atoms with Crippen LogP contribution in [0.1, 0.15) is 39.5 Å². The highest BCUT2D eigenvalue weighted by atomic mass is 16.1. The summed E-state index contributed by atoms with van der Waals surface area (Å²) >= 11 is 0. The van der Waals surface area contributed by atoms with Crippen LogP contribution in [0.25, 0.3) is 0 Å². The van der Waals surface area contributed by atoms with Gasteiger partial charge < -0.3 is 11.1 Å². The summed E-state index contributed by atoms with van der Waals surface area (Å²) in [6.45, 7) is 8.20. The van der Waals surface area contributed by atoms with E-state index in [-0.39, 0.29) is 5.91 Å². The molecule has 4 nitrogen and oxygen atoms in total. The van der Waals surface area contributed by atoms with Gasteiger partial charge in [-0.15, -0.1) is 0 Å². The minimum Gasteiger partial charge on any atom is -0.355 e. The van der Waals surface area contributed by atoms with Crippen molar-refractivity contribution in [2.24, 2.45) is 11.7 Å². The van der Waals surface area contributed by atoms with Crippen LogP contribution in [0.4, 0.5) is 0 Å². The number of nitrogens with two attached hydrogens (primary N) is 1. The van der Waals surface area contributed by atoms with E-state index in [0.29, 0.717) is 19.0 Å². The van der Waals surface area contributed by atoms with E-state index in [0.717, 1.165) is 18.9 Å². The molecule has 17 heavy (non-hydrogen) atoms. The fourth-order valence-electron chi connectivity index (χ4n) is 2.21. The van der Waals surface area contributed by atoms with Crippen molar-refractivity contribution >= 4 is 5.91 Å². The summed E-state index contributed by atoms with van der Waals surface area (Å²) in [5, 5.41) is 2.99. The van der Waals surface area contributed by atoms with Gasteiger partial charge in [-0.1, -0.05) is 6.92 Å². The topological polar surface area (TPSA) is 58.4 Å². The molecule has 4 heteroatoms. The quantitative estimate of drug-likeness (QED) is 0.728. The van der Waals surface area contributed by atoms with Gasteiger partial charge in [-0.3, -0.25) is 9.69 Å². The Morgan fingerprint density at radius 3 is 2.71 bits per heavy atom. The number of carbonyl (C=O) groups is 1. The van der Waals surface area contributed by atoms with Crippen molar-refractivity contribution in [1.29, 1.82) is 0 Å². The Bertz CT molecular complexity index is 225. The number of nitrogens with zero attached hydrogens (tertiary/aromatic N) is 1. The third-order valence-corrected chi connectivity index (χ3v) is 3.64. The smallest absolute Gasteiger partial charge is 0.220 e. The molecule has 0 spiro atoms. The molecule has 0 saturated carbocycles. The van der Waals surface area contributed by atoms with Crippen LogP contribution in [-0.4, -0.2) is 43.0 Å². The number of piperidine rings is 1. The maximum atomic E-state index is 11.5. The predicted octanol–water partition coefficient (Wildman–Crippen LogP) is 0.962. The number of carbonyl (C=O) groups excluding carboxylic acids is 1. The van der Waals surface area contributed by atoms with E-state index in [1.807, 2.05) is 0 Å². The molecular formula is C13H27N3O. The molecule has 1 rings (SSSR count). The van der Waals surface area contributed by atoms with Gasteiger partial charge in [0.25, 0.3) is 0 Å². The SMILES string of the molecule is CC1CCN(C(C)CNC(=O)CCCN)CC1. The zero-order chi connectivity index (χ0) is 12.7. The normalized spacial score (nSPS) is 20.2. The average Bonchev–Trinajstić information content (AvgIpc) is 2.34. The lowest BCUT2D eigenvalue weighted by molar-refractivity contribution is -0.121. The van der Waals surface area contributed by atoms with Crippen LogP contribution in [0, 0.1) is 5.92 Å². The summed E-state index contributed by atoms with van der Waals surface area (Å²) < 4.78 is 0. The zero-order valence-electron chi connectivity index (χ0n) is 11.2. The van der Waals surface area contributed by atoms with Crippen LogP contribution in [0.2, 0.25) is 0 Å². The van der Waals surface area contributed by atoms with E-state index < -0.39 is 0 Å². The molecule has 1 unspecified atom stereocenters. The molecule has 0 bridgehead atoms. The first-order valence-electron chi connectivity index (χ1n) is 6.84. The molecule has 1 aliphatic rings. The molecule has 0 aromatic heterocycles. The highest BCUT2D eigenvalue weighted by Crippen LogP contribution is 2.17. The van der Waals surface area contributed by atoms with E-state index in [1.54, 1.807) is 0 Å². The number of hydrogen-bond donors (Lipinski definition) is 2. The van der Waals surface area contributed by atoms with Crippen molar-refractivity contribution < 1.29 is 4.79 Å². The molecule has 0 aromatic rings. The fourth-order valence-corrected chi connectivity index (χ4v) is 2.21. The second kappa shape index (κ2) is 7.67. The first-order valence-corrected chi connectivity index (χ1v) is 6.84. The molecule has 1 fully saturated rings. The Labute approximate surface area is 105 Å². The maximum absolute atomic E-state index is 11.5. The molecule has 1 saturated heterocycles. The molecule has 0 radical (unpaired) electrons. The Kier molecular flexibility index (Phi) is 6.52. The van der Waals surface area contributed by atoms with E-state index in [9.17, 15) is 4.79 Å². The minimum atomic E-state index is 0.132. The molecule has 1 aliphatic heterocycles.